The van der Waals surface area contributed by atoms with Gasteiger partial charge in [0.15, 0.2) is 10.9 Å². The van der Waals surface area contributed by atoms with Crippen LogP contribution in [0.3, 0.4) is 0 Å². The summed E-state index contributed by atoms with van der Waals surface area (Å²) in [6.45, 7) is 2.57. The number of aromatic nitrogens is 2. The number of ether oxygens (including phenoxy) is 1. The molecule has 3 aromatic rings. The van der Waals surface area contributed by atoms with Crippen molar-refractivity contribution >= 4 is 50.8 Å². The van der Waals surface area contributed by atoms with E-state index in [1.54, 1.807) is 4.90 Å². The van der Waals surface area contributed by atoms with Crippen LogP contribution in [0.5, 0.6) is 5.75 Å². The molecule has 2 heterocycles. The van der Waals surface area contributed by atoms with E-state index in [9.17, 15) is 9.59 Å². The van der Waals surface area contributed by atoms with E-state index in [0.717, 1.165) is 15.9 Å². The minimum absolute atomic E-state index is 0.0189. The smallest absolute Gasteiger partial charge is 0.260 e. The summed E-state index contributed by atoms with van der Waals surface area (Å²) < 4.78 is 6.44. The van der Waals surface area contributed by atoms with Gasteiger partial charge in [-0.1, -0.05) is 53.4 Å². The molecule has 0 spiro atoms. The average molecular weight is 444 g/mol. The van der Waals surface area contributed by atoms with Crippen molar-refractivity contribution in [1.82, 2.24) is 15.1 Å². The van der Waals surface area contributed by atoms with Gasteiger partial charge in [0, 0.05) is 26.2 Å². The van der Waals surface area contributed by atoms with Crippen molar-refractivity contribution in [3.8, 4) is 5.75 Å². The van der Waals surface area contributed by atoms with Gasteiger partial charge >= 0.3 is 0 Å². The summed E-state index contributed by atoms with van der Waals surface area (Å²) in [6, 6.07) is 13.9. The van der Waals surface area contributed by atoms with Gasteiger partial charge in [0.05, 0.1) is 5.75 Å². The molecule has 0 aliphatic carbocycles. The lowest BCUT2D eigenvalue weighted by Gasteiger charge is -2.34. The van der Waals surface area contributed by atoms with Gasteiger partial charge < -0.3 is 20.3 Å². The van der Waals surface area contributed by atoms with Crippen LogP contribution in [0.1, 0.15) is 0 Å². The fourth-order valence-electron chi connectivity index (χ4n) is 3.16. The molecule has 0 atom stereocenters. The number of amides is 2. The highest BCUT2D eigenvalue weighted by atomic mass is 32.2. The number of hydrogen-bond acceptors (Lipinski definition) is 8. The molecule has 2 aromatic carbocycles. The summed E-state index contributed by atoms with van der Waals surface area (Å²) in [6.07, 6.45) is 0. The number of nitrogens with zero attached hydrogens (tertiary/aromatic N) is 4. The van der Waals surface area contributed by atoms with Crippen LogP contribution in [0.25, 0.3) is 10.8 Å². The van der Waals surface area contributed by atoms with Gasteiger partial charge in [0.25, 0.3) is 5.91 Å². The Bertz CT molecular complexity index is 1050. The summed E-state index contributed by atoms with van der Waals surface area (Å²) in [5.74, 6) is 0.469. The minimum atomic E-state index is -0.380. The van der Waals surface area contributed by atoms with E-state index in [2.05, 4.69) is 15.1 Å². The fourth-order valence-corrected chi connectivity index (χ4v) is 4.79. The Hall–Kier alpha value is -2.85. The summed E-state index contributed by atoms with van der Waals surface area (Å²) in [7, 11) is 0. The molecule has 0 bridgehead atoms. The molecule has 1 aliphatic heterocycles. The molecular formula is C20H21N5O3S2. The van der Waals surface area contributed by atoms with Crippen LogP contribution < -0.4 is 15.4 Å². The average Bonchev–Trinajstić information content (AvgIpc) is 3.25. The first-order chi connectivity index (χ1) is 14.6. The topological polar surface area (TPSA) is 102 Å². The first-order valence-corrected chi connectivity index (χ1v) is 11.3. The number of piperazine rings is 1. The van der Waals surface area contributed by atoms with Crippen LogP contribution in [-0.2, 0) is 9.59 Å². The number of fused-ring (bicyclic) bond motifs is 1. The van der Waals surface area contributed by atoms with E-state index in [-0.39, 0.29) is 24.2 Å². The van der Waals surface area contributed by atoms with Gasteiger partial charge in [-0.2, -0.15) is 0 Å². The Morgan fingerprint density at radius 2 is 1.83 bits per heavy atom. The van der Waals surface area contributed by atoms with Gasteiger partial charge in [-0.15, -0.1) is 10.2 Å². The Morgan fingerprint density at radius 1 is 1.07 bits per heavy atom. The van der Waals surface area contributed by atoms with Crippen molar-refractivity contribution in [1.29, 1.82) is 0 Å². The first kappa shape index (κ1) is 20.4. The second-order valence-corrected chi connectivity index (χ2v) is 8.95. The van der Waals surface area contributed by atoms with Crippen LogP contribution in [0.15, 0.2) is 46.8 Å². The molecule has 0 saturated carbocycles. The van der Waals surface area contributed by atoms with Gasteiger partial charge in [0.1, 0.15) is 5.75 Å². The number of nitrogens with two attached hydrogens (primary N) is 1. The normalized spacial score (nSPS) is 14.1. The number of carbonyl (C=O) groups is 2. The summed E-state index contributed by atoms with van der Waals surface area (Å²) in [4.78, 5) is 27.3. The summed E-state index contributed by atoms with van der Waals surface area (Å²) in [5.41, 5.74) is 5.16. The molecule has 156 valence electrons. The molecular weight excluding hydrogens is 422 g/mol. The van der Waals surface area contributed by atoms with E-state index >= 15 is 0 Å². The van der Waals surface area contributed by atoms with Crippen molar-refractivity contribution in [2.75, 3.05) is 43.4 Å². The third-order valence-corrected chi connectivity index (χ3v) is 6.86. The SMILES string of the molecule is NC(=O)CSc1nnc(N2CCN(C(=O)COc3ccc4ccccc4c3)CC2)s1. The Labute approximate surface area is 182 Å². The maximum Gasteiger partial charge on any atom is 0.260 e. The van der Waals surface area contributed by atoms with Crippen molar-refractivity contribution in [3.63, 3.8) is 0 Å². The Kier molecular flexibility index (Phi) is 6.34. The van der Waals surface area contributed by atoms with Gasteiger partial charge in [-0.25, -0.2) is 0 Å². The largest absolute Gasteiger partial charge is 0.484 e. The molecule has 1 aromatic heterocycles. The first-order valence-electron chi connectivity index (χ1n) is 9.47. The maximum absolute atomic E-state index is 12.5. The van der Waals surface area contributed by atoms with Crippen molar-refractivity contribution in [3.05, 3.63) is 42.5 Å². The van der Waals surface area contributed by atoms with Crippen LogP contribution in [0.4, 0.5) is 5.13 Å². The molecule has 4 rings (SSSR count). The molecule has 1 aliphatic rings. The van der Waals surface area contributed by atoms with E-state index in [1.165, 1.54) is 23.1 Å². The zero-order chi connectivity index (χ0) is 20.9. The summed E-state index contributed by atoms with van der Waals surface area (Å²) in [5, 5.41) is 11.3. The highest BCUT2D eigenvalue weighted by molar-refractivity contribution is 8.01. The minimum Gasteiger partial charge on any atom is -0.484 e. The van der Waals surface area contributed by atoms with Crippen LogP contribution >= 0.6 is 23.1 Å². The number of carbonyl (C=O) groups excluding carboxylic acids is 2. The van der Waals surface area contributed by atoms with E-state index in [0.29, 0.717) is 36.3 Å². The third-order valence-electron chi connectivity index (χ3n) is 4.72. The van der Waals surface area contributed by atoms with Crippen LogP contribution in [-0.4, -0.2) is 65.5 Å². The van der Waals surface area contributed by atoms with Crippen LogP contribution in [0.2, 0.25) is 0 Å². The fraction of sp³-hybridized carbons (Fsp3) is 0.300. The number of hydrogen-bond donors (Lipinski definition) is 1. The molecule has 10 heteroatoms. The second-order valence-electron chi connectivity index (χ2n) is 6.77. The van der Waals surface area contributed by atoms with Crippen molar-refractivity contribution in [2.24, 2.45) is 5.73 Å². The quantitative estimate of drug-likeness (QED) is 0.557. The van der Waals surface area contributed by atoms with Gasteiger partial charge in [0.2, 0.25) is 11.0 Å². The van der Waals surface area contributed by atoms with Crippen molar-refractivity contribution in [2.45, 2.75) is 4.34 Å². The Morgan fingerprint density at radius 3 is 2.60 bits per heavy atom. The van der Waals surface area contributed by atoms with E-state index < -0.39 is 0 Å². The zero-order valence-corrected chi connectivity index (χ0v) is 17.8. The molecule has 2 N–H and O–H groups in total. The van der Waals surface area contributed by atoms with Gasteiger partial charge in [-0.3, -0.25) is 9.59 Å². The highest BCUT2D eigenvalue weighted by Gasteiger charge is 2.23. The maximum atomic E-state index is 12.5. The lowest BCUT2D eigenvalue weighted by molar-refractivity contribution is -0.133. The molecule has 30 heavy (non-hydrogen) atoms. The summed E-state index contributed by atoms with van der Waals surface area (Å²) >= 11 is 2.72. The number of thioether (sulfide) groups is 1. The lowest BCUT2D eigenvalue weighted by atomic mass is 10.1. The highest BCUT2D eigenvalue weighted by Crippen LogP contribution is 2.28. The van der Waals surface area contributed by atoms with Crippen LogP contribution in [0, 0.1) is 0 Å². The standard InChI is InChI=1S/C20H21N5O3S2/c21-17(26)13-29-20-23-22-19(30-20)25-9-7-24(8-10-25)18(27)12-28-16-6-5-14-3-1-2-4-15(14)11-16/h1-6,11H,7-10,12-13H2,(H2,21,26). The third kappa shape index (κ3) is 5.00. The predicted octanol–water partition coefficient (Wildman–Crippen LogP) is 2.00. The van der Waals surface area contributed by atoms with E-state index in [1.807, 2.05) is 42.5 Å². The number of anilines is 1. The molecule has 8 nitrogen and oxygen atoms in total. The monoisotopic (exact) mass is 443 g/mol. The second kappa shape index (κ2) is 9.31. The number of primary amides is 1. The molecule has 0 unspecified atom stereocenters. The zero-order valence-electron chi connectivity index (χ0n) is 16.2. The molecule has 2 amide bonds. The van der Waals surface area contributed by atoms with Gasteiger partial charge in [-0.05, 0) is 22.9 Å². The van der Waals surface area contributed by atoms with E-state index in [4.69, 9.17) is 10.5 Å². The molecule has 1 fully saturated rings. The number of benzene rings is 2. The van der Waals surface area contributed by atoms with Crippen molar-refractivity contribution < 1.29 is 14.3 Å². The molecule has 0 radical (unpaired) electrons. The number of rotatable bonds is 7. The predicted molar refractivity (Wildman–Crippen MR) is 118 cm³/mol. The lowest BCUT2D eigenvalue weighted by Crippen LogP contribution is -2.50. The molecule has 1 saturated heterocycles. The Balaban J connectivity index is 1.26.